The van der Waals surface area contributed by atoms with E-state index in [1.807, 2.05) is 0 Å². The molecule has 9 heteroatoms. The summed E-state index contributed by atoms with van der Waals surface area (Å²) < 4.78 is 58.0. The van der Waals surface area contributed by atoms with Gasteiger partial charge in [-0.15, -0.1) is 0 Å². The van der Waals surface area contributed by atoms with Gasteiger partial charge >= 0.3 is 6.18 Å². The van der Waals surface area contributed by atoms with Crippen LogP contribution in [0.4, 0.5) is 17.6 Å². The lowest BCUT2D eigenvalue weighted by Crippen LogP contribution is -2.45. The summed E-state index contributed by atoms with van der Waals surface area (Å²) in [5.74, 6) is -0.891. The summed E-state index contributed by atoms with van der Waals surface area (Å²) in [6.07, 6.45) is -3.00. The van der Waals surface area contributed by atoms with Crippen molar-refractivity contribution in [2.75, 3.05) is 19.7 Å². The van der Waals surface area contributed by atoms with Crippen molar-refractivity contribution in [1.29, 1.82) is 0 Å². The lowest BCUT2D eigenvalue weighted by atomic mass is 10.0. The number of ether oxygens (including phenoxy) is 1. The number of hydrogen-bond acceptors (Lipinski definition) is 3. The van der Waals surface area contributed by atoms with Gasteiger partial charge in [0.2, 0.25) is 0 Å². The van der Waals surface area contributed by atoms with E-state index in [1.54, 1.807) is 12.1 Å². The maximum absolute atomic E-state index is 13.7. The van der Waals surface area contributed by atoms with Crippen LogP contribution in [0.25, 0.3) is 0 Å². The van der Waals surface area contributed by atoms with E-state index >= 15 is 0 Å². The molecule has 1 amide bonds. The van der Waals surface area contributed by atoms with Gasteiger partial charge in [0.05, 0.1) is 5.56 Å². The van der Waals surface area contributed by atoms with E-state index in [2.05, 4.69) is 26.1 Å². The number of amides is 1. The second-order valence-electron chi connectivity index (χ2n) is 7.18. The quantitative estimate of drug-likeness (QED) is 0.595. The van der Waals surface area contributed by atoms with E-state index in [0.29, 0.717) is 42.5 Å². The molecule has 1 saturated heterocycles. The van der Waals surface area contributed by atoms with E-state index in [-0.39, 0.29) is 24.3 Å². The first-order valence-corrected chi connectivity index (χ1v) is 10.3. The number of nitrogens with one attached hydrogen (secondary N) is 1. The van der Waals surface area contributed by atoms with Gasteiger partial charge in [-0.1, -0.05) is 34.1 Å². The summed E-state index contributed by atoms with van der Waals surface area (Å²) in [5.41, 5.74) is -0.0402. The highest BCUT2D eigenvalue weighted by Gasteiger charge is 2.30. The van der Waals surface area contributed by atoms with Crippen molar-refractivity contribution in [2.24, 2.45) is 0 Å². The fourth-order valence-corrected chi connectivity index (χ4v) is 3.68. The monoisotopic (exact) mass is 488 g/mol. The Bertz CT molecular complexity index is 884. The van der Waals surface area contributed by atoms with Gasteiger partial charge in [0.1, 0.15) is 0 Å². The topological polar surface area (TPSA) is 41.6 Å². The molecule has 1 aliphatic rings. The fourth-order valence-electron chi connectivity index (χ4n) is 3.34. The zero-order valence-electron chi connectivity index (χ0n) is 16.0. The van der Waals surface area contributed by atoms with Crippen LogP contribution < -0.4 is 10.1 Å². The van der Waals surface area contributed by atoms with Crippen molar-refractivity contribution in [3.8, 4) is 5.75 Å². The normalized spacial score (nSPS) is 15.8. The highest BCUT2D eigenvalue weighted by molar-refractivity contribution is 9.10. The number of hydrogen-bond donors (Lipinski definition) is 1. The molecule has 3 rings (SSSR count). The molecule has 0 spiro atoms. The number of rotatable bonds is 6. The highest BCUT2D eigenvalue weighted by Crippen LogP contribution is 2.30. The van der Waals surface area contributed by atoms with Gasteiger partial charge in [0.25, 0.3) is 5.91 Å². The average Bonchev–Trinajstić information content (AvgIpc) is 2.68. The van der Waals surface area contributed by atoms with Crippen molar-refractivity contribution in [2.45, 2.75) is 31.6 Å². The van der Waals surface area contributed by atoms with Gasteiger partial charge in [0.15, 0.2) is 18.2 Å². The number of carbonyl (C=O) groups is 1. The molecule has 1 fully saturated rings. The third-order valence-electron chi connectivity index (χ3n) is 4.87. The number of alkyl halides is 3. The van der Waals surface area contributed by atoms with E-state index < -0.39 is 17.6 Å². The first kappa shape index (κ1) is 22.6. The predicted octanol–water partition coefficient (Wildman–Crippen LogP) is 4.77. The van der Waals surface area contributed by atoms with Crippen LogP contribution in [0.1, 0.15) is 24.0 Å². The van der Waals surface area contributed by atoms with Crippen LogP contribution in [0, 0.1) is 5.82 Å². The summed E-state index contributed by atoms with van der Waals surface area (Å²) >= 11 is 3.15. The Morgan fingerprint density at radius 2 is 1.90 bits per heavy atom. The Morgan fingerprint density at radius 1 is 1.17 bits per heavy atom. The lowest BCUT2D eigenvalue weighted by molar-refractivity contribution is -0.137. The fraction of sp³-hybridized carbons (Fsp3) is 0.381. The molecule has 2 aromatic rings. The molecule has 2 aromatic carbocycles. The number of carbonyl (C=O) groups excluding carboxylic acids is 1. The molecule has 1 aliphatic heterocycles. The Kier molecular flexibility index (Phi) is 7.36. The SMILES string of the molecule is O=C(COc1ccc(Br)cc1F)NC1CCN(Cc2cccc(C(F)(F)F)c2)CC1. The zero-order chi connectivity index (χ0) is 21.7. The predicted molar refractivity (Wildman–Crippen MR) is 107 cm³/mol. The minimum absolute atomic E-state index is 0.00394. The van der Waals surface area contributed by atoms with Gasteiger partial charge < -0.3 is 10.1 Å². The summed E-state index contributed by atoms with van der Waals surface area (Å²) in [6.45, 7) is 1.45. The Hall–Kier alpha value is -2.13. The molecule has 0 bridgehead atoms. The first-order chi connectivity index (χ1) is 14.2. The minimum atomic E-state index is -4.35. The molecule has 30 heavy (non-hydrogen) atoms. The molecule has 0 radical (unpaired) electrons. The van der Waals surface area contributed by atoms with E-state index in [9.17, 15) is 22.4 Å². The van der Waals surface area contributed by atoms with Crippen LogP contribution in [0.2, 0.25) is 0 Å². The van der Waals surface area contributed by atoms with Crippen LogP contribution in [-0.4, -0.2) is 36.5 Å². The molecule has 0 aliphatic carbocycles. The number of halogens is 5. The Morgan fingerprint density at radius 3 is 2.57 bits per heavy atom. The van der Waals surface area contributed by atoms with Crippen molar-refractivity contribution in [1.82, 2.24) is 10.2 Å². The van der Waals surface area contributed by atoms with Crippen LogP contribution in [0.5, 0.6) is 5.75 Å². The van der Waals surface area contributed by atoms with E-state index in [1.165, 1.54) is 24.3 Å². The molecule has 4 nitrogen and oxygen atoms in total. The van der Waals surface area contributed by atoms with Gasteiger partial charge in [-0.2, -0.15) is 13.2 Å². The summed E-state index contributed by atoms with van der Waals surface area (Å²) in [5, 5.41) is 2.86. The lowest BCUT2D eigenvalue weighted by Gasteiger charge is -2.32. The Balaban J connectivity index is 1.42. The summed E-state index contributed by atoms with van der Waals surface area (Å²) in [4.78, 5) is 14.1. The van der Waals surface area contributed by atoms with Crippen molar-refractivity contribution >= 4 is 21.8 Å². The first-order valence-electron chi connectivity index (χ1n) is 9.46. The van der Waals surface area contributed by atoms with Crippen molar-refractivity contribution in [3.05, 3.63) is 63.9 Å². The van der Waals surface area contributed by atoms with Gasteiger partial charge in [0, 0.05) is 30.1 Å². The zero-order valence-corrected chi connectivity index (χ0v) is 17.6. The molecular weight excluding hydrogens is 468 g/mol. The molecule has 0 saturated carbocycles. The molecule has 0 atom stereocenters. The second-order valence-corrected chi connectivity index (χ2v) is 8.10. The third kappa shape index (κ3) is 6.43. The Labute approximate surface area is 180 Å². The molecule has 0 unspecified atom stereocenters. The standard InChI is InChI=1S/C21H21BrF4N2O2/c22-16-4-5-19(18(23)11-16)30-13-20(29)27-17-6-8-28(9-7-17)12-14-2-1-3-15(10-14)21(24,25)26/h1-5,10-11,17H,6-9,12-13H2,(H,27,29). The van der Waals surface area contributed by atoms with Crippen LogP contribution in [0.3, 0.4) is 0 Å². The molecule has 1 N–H and O–H groups in total. The third-order valence-corrected chi connectivity index (χ3v) is 5.36. The second kappa shape index (κ2) is 9.78. The van der Waals surface area contributed by atoms with Crippen molar-refractivity contribution < 1.29 is 27.1 Å². The molecule has 1 heterocycles. The van der Waals surface area contributed by atoms with Gasteiger partial charge in [-0.25, -0.2) is 4.39 Å². The van der Waals surface area contributed by atoms with Crippen molar-refractivity contribution in [3.63, 3.8) is 0 Å². The molecule has 162 valence electrons. The van der Waals surface area contributed by atoms with Crippen LogP contribution >= 0.6 is 15.9 Å². The number of benzene rings is 2. The molecular formula is C21H21BrF4N2O2. The number of likely N-dealkylation sites (tertiary alicyclic amines) is 1. The number of piperidine rings is 1. The average molecular weight is 489 g/mol. The van der Waals surface area contributed by atoms with Crippen LogP contribution in [-0.2, 0) is 17.5 Å². The minimum Gasteiger partial charge on any atom is -0.481 e. The number of nitrogens with zero attached hydrogens (tertiary/aromatic N) is 1. The maximum Gasteiger partial charge on any atom is 0.416 e. The molecule has 0 aromatic heterocycles. The highest BCUT2D eigenvalue weighted by atomic mass is 79.9. The van der Waals surface area contributed by atoms with Crippen LogP contribution in [0.15, 0.2) is 46.9 Å². The van der Waals surface area contributed by atoms with Gasteiger partial charge in [-0.05, 0) is 42.7 Å². The van der Waals surface area contributed by atoms with Gasteiger partial charge in [-0.3, -0.25) is 9.69 Å². The van der Waals surface area contributed by atoms with E-state index in [4.69, 9.17) is 4.74 Å². The smallest absolute Gasteiger partial charge is 0.416 e. The summed E-state index contributed by atoms with van der Waals surface area (Å²) in [6, 6.07) is 9.61. The largest absolute Gasteiger partial charge is 0.481 e. The maximum atomic E-state index is 13.7. The van der Waals surface area contributed by atoms with E-state index in [0.717, 1.165) is 6.07 Å². The summed E-state index contributed by atoms with van der Waals surface area (Å²) in [7, 11) is 0.